The van der Waals surface area contributed by atoms with Crippen molar-refractivity contribution in [2.24, 2.45) is 11.8 Å². The number of nitrogens with one attached hydrogen (secondary N) is 2. The Balaban J connectivity index is 1.62. The standard InChI is InChI=1S/C27H35N3O5S/c1-18(2)14-23(29-27(34)35-16-19-8-4-3-5-9-19)24(31)15-20-10-6-7-11-21-17-36-30-22(21)12-13-28-26(33)25(20)32/h3-5,8-9,17-18,20,23H,6-7,10-16H2,1-2H3,(H,28,33)(H,29,34). The van der Waals surface area contributed by atoms with Crippen molar-refractivity contribution >= 4 is 35.1 Å². The molecule has 2 aromatic rings. The van der Waals surface area contributed by atoms with Crippen molar-refractivity contribution < 1.29 is 23.9 Å². The van der Waals surface area contributed by atoms with Crippen LogP contribution in [0.25, 0.3) is 0 Å². The molecule has 0 fully saturated rings. The van der Waals surface area contributed by atoms with Crippen molar-refractivity contribution in [1.29, 1.82) is 0 Å². The largest absolute Gasteiger partial charge is 0.445 e. The van der Waals surface area contributed by atoms with Gasteiger partial charge in [0.2, 0.25) is 5.78 Å². The molecule has 1 aromatic heterocycles. The van der Waals surface area contributed by atoms with Crippen molar-refractivity contribution in [1.82, 2.24) is 15.0 Å². The lowest BCUT2D eigenvalue weighted by Gasteiger charge is -2.22. The van der Waals surface area contributed by atoms with Crippen LogP contribution < -0.4 is 10.6 Å². The molecule has 36 heavy (non-hydrogen) atoms. The van der Waals surface area contributed by atoms with Gasteiger partial charge in [-0.2, -0.15) is 4.37 Å². The van der Waals surface area contributed by atoms with Gasteiger partial charge in [-0.05, 0) is 54.3 Å². The van der Waals surface area contributed by atoms with Gasteiger partial charge in [-0.25, -0.2) is 4.79 Å². The van der Waals surface area contributed by atoms with E-state index in [2.05, 4.69) is 15.0 Å². The van der Waals surface area contributed by atoms with Crippen molar-refractivity contribution in [3.05, 3.63) is 52.5 Å². The maximum atomic E-state index is 13.3. The van der Waals surface area contributed by atoms with E-state index in [1.807, 2.05) is 49.6 Å². The van der Waals surface area contributed by atoms with E-state index in [1.54, 1.807) is 0 Å². The van der Waals surface area contributed by atoms with Crippen LogP contribution in [0.1, 0.15) is 62.8 Å². The normalized spacial score (nSPS) is 17.8. The average molecular weight is 514 g/mol. The van der Waals surface area contributed by atoms with Crippen molar-refractivity contribution in [2.45, 2.75) is 71.4 Å². The molecule has 3 rings (SSSR count). The SMILES string of the molecule is CC(C)CC(NC(=O)OCc1ccccc1)C(=O)CC1CCCCc2csnc2CCNC(=O)C1=O. The number of alkyl carbamates (subject to hydrolysis) is 1. The third-order valence-electron chi connectivity index (χ3n) is 6.27. The van der Waals surface area contributed by atoms with E-state index in [-0.39, 0.29) is 24.7 Å². The van der Waals surface area contributed by atoms with E-state index in [9.17, 15) is 19.2 Å². The maximum absolute atomic E-state index is 13.3. The van der Waals surface area contributed by atoms with Gasteiger partial charge in [0.1, 0.15) is 6.61 Å². The minimum Gasteiger partial charge on any atom is -0.445 e. The molecular formula is C27H35N3O5S. The molecule has 0 aliphatic carbocycles. The highest BCUT2D eigenvalue weighted by Gasteiger charge is 2.31. The van der Waals surface area contributed by atoms with Gasteiger partial charge in [0, 0.05) is 30.7 Å². The second-order valence-electron chi connectivity index (χ2n) is 9.66. The highest BCUT2D eigenvalue weighted by atomic mass is 32.1. The highest BCUT2D eigenvalue weighted by molar-refractivity contribution is 7.03. The maximum Gasteiger partial charge on any atom is 0.408 e. The number of amides is 2. The third-order valence-corrected chi connectivity index (χ3v) is 6.98. The average Bonchev–Trinajstić information content (AvgIpc) is 3.30. The minimum absolute atomic E-state index is 0.0894. The summed E-state index contributed by atoms with van der Waals surface area (Å²) in [5, 5.41) is 7.40. The summed E-state index contributed by atoms with van der Waals surface area (Å²) in [4.78, 5) is 51.2. The number of aromatic nitrogens is 1. The van der Waals surface area contributed by atoms with E-state index >= 15 is 0 Å². The number of aryl methyl sites for hydroxylation is 1. The molecule has 2 unspecified atom stereocenters. The van der Waals surface area contributed by atoms with E-state index in [4.69, 9.17) is 4.74 Å². The molecule has 0 spiro atoms. The Labute approximate surface area is 216 Å². The van der Waals surface area contributed by atoms with Gasteiger partial charge in [0.05, 0.1) is 11.7 Å². The fourth-order valence-electron chi connectivity index (χ4n) is 4.32. The lowest BCUT2D eigenvalue weighted by atomic mass is 9.87. The molecule has 2 heterocycles. The van der Waals surface area contributed by atoms with Crippen molar-refractivity contribution in [3.63, 3.8) is 0 Å². The number of nitrogens with zero attached hydrogens (tertiary/aromatic N) is 1. The number of hydrogen-bond donors (Lipinski definition) is 2. The Hall–Kier alpha value is -3.07. The summed E-state index contributed by atoms with van der Waals surface area (Å²) in [5.74, 6) is -2.08. The Morgan fingerprint density at radius 1 is 1.17 bits per heavy atom. The number of Topliss-reactive ketones (excluding diaryl/α,β-unsaturated/α-hetero) is 2. The number of hydrogen-bond acceptors (Lipinski definition) is 7. The number of benzene rings is 1. The Morgan fingerprint density at radius 2 is 1.94 bits per heavy atom. The number of carbonyl (C=O) groups is 4. The van der Waals surface area contributed by atoms with Gasteiger partial charge >= 0.3 is 6.09 Å². The monoisotopic (exact) mass is 513 g/mol. The number of rotatable bonds is 8. The molecule has 0 saturated heterocycles. The zero-order valence-corrected chi connectivity index (χ0v) is 21.8. The first-order valence-corrected chi connectivity index (χ1v) is 13.4. The molecule has 2 amide bonds. The van der Waals surface area contributed by atoms with Crippen LogP contribution in [-0.2, 0) is 38.6 Å². The van der Waals surface area contributed by atoms with Crippen molar-refractivity contribution in [3.8, 4) is 0 Å². The van der Waals surface area contributed by atoms with Crippen LogP contribution in [0.15, 0.2) is 35.7 Å². The van der Waals surface area contributed by atoms with Crippen LogP contribution >= 0.6 is 11.5 Å². The number of ether oxygens (including phenoxy) is 1. The molecule has 0 radical (unpaired) electrons. The first-order chi connectivity index (χ1) is 17.3. The fraction of sp³-hybridized carbons (Fsp3) is 0.519. The van der Waals surface area contributed by atoms with Crippen molar-refractivity contribution in [2.75, 3.05) is 6.54 Å². The molecular weight excluding hydrogens is 478 g/mol. The summed E-state index contributed by atoms with van der Waals surface area (Å²) in [7, 11) is 0. The lowest BCUT2D eigenvalue weighted by Crippen LogP contribution is -2.44. The zero-order valence-electron chi connectivity index (χ0n) is 21.0. The van der Waals surface area contributed by atoms with E-state index < -0.39 is 29.7 Å². The summed E-state index contributed by atoms with van der Waals surface area (Å²) < 4.78 is 9.69. The predicted octanol–water partition coefficient (Wildman–Crippen LogP) is 4.01. The predicted molar refractivity (Wildman–Crippen MR) is 138 cm³/mol. The summed E-state index contributed by atoms with van der Waals surface area (Å²) in [5.41, 5.74) is 3.00. The molecule has 1 aromatic carbocycles. The molecule has 9 heteroatoms. The first kappa shape index (κ1) is 27.5. The van der Waals surface area contributed by atoms with Gasteiger partial charge in [-0.3, -0.25) is 14.4 Å². The lowest BCUT2D eigenvalue weighted by molar-refractivity contribution is -0.141. The molecule has 1 aliphatic heterocycles. The number of ketones is 2. The van der Waals surface area contributed by atoms with Gasteiger partial charge in [-0.1, -0.05) is 50.6 Å². The minimum atomic E-state index is -0.787. The third kappa shape index (κ3) is 8.55. The van der Waals surface area contributed by atoms with Crippen LogP contribution in [0.2, 0.25) is 0 Å². The quantitative estimate of drug-likeness (QED) is 0.516. The summed E-state index contributed by atoms with van der Waals surface area (Å²) >= 11 is 1.40. The van der Waals surface area contributed by atoms with Crippen LogP contribution in [0.4, 0.5) is 4.79 Å². The zero-order chi connectivity index (χ0) is 25.9. The first-order valence-electron chi connectivity index (χ1n) is 12.6. The molecule has 1 aliphatic rings. The molecule has 8 nitrogen and oxygen atoms in total. The van der Waals surface area contributed by atoms with Gasteiger partial charge in [-0.15, -0.1) is 0 Å². The van der Waals surface area contributed by atoms with E-state index in [0.29, 0.717) is 32.2 Å². The summed E-state index contributed by atoms with van der Waals surface area (Å²) in [6.45, 7) is 4.34. The topological polar surface area (TPSA) is 114 Å². The fourth-order valence-corrected chi connectivity index (χ4v) is 5.09. The summed E-state index contributed by atoms with van der Waals surface area (Å²) in [6.07, 6.45) is 3.09. The van der Waals surface area contributed by atoms with Crippen LogP contribution in [0, 0.1) is 11.8 Å². The Morgan fingerprint density at radius 3 is 2.69 bits per heavy atom. The molecule has 0 bridgehead atoms. The summed E-state index contributed by atoms with van der Waals surface area (Å²) in [6, 6.07) is 8.49. The molecule has 0 saturated carbocycles. The van der Waals surface area contributed by atoms with E-state index in [1.165, 1.54) is 17.1 Å². The van der Waals surface area contributed by atoms with Gasteiger partial charge in [0.15, 0.2) is 5.78 Å². The Kier molecular flexibility index (Phi) is 10.6. The second kappa shape index (κ2) is 13.9. The smallest absolute Gasteiger partial charge is 0.408 e. The molecule has 194 valence electrons. The van der Waals surface area contributed by atoms with Gasteiger partial charge in [0.25, 0.3) is 5.91 Å². The van der Waals surface area contributed by atoms with E-state index in [0.717, 1.165) is 24.1 Å². The number of carbonyl (C=O) groups excluding carboxylic acids is 4. The van der Waals surface area contributed by atoms with Gasteiger partial charge < -0.3 is 15.4 Å². The molecule has 2 atom stereocenters. The highest BCUT2D eigenvalue weighted by Crippen LogP contribution is 2.21. The molecule has 2 N–H and O–H groups in total. The van der Waals surface area contributed by atoms with Crippen LogP contribution in [0.3, 0.4) is 0 Å². The van der Waals surface area contributed by atoms with Crippen LogP contribution in [0.5, 0.6) is 0 Å². The van der Waals surface area contributed by atoms with Crippen LogP contribution in [-0.4, -0.2) is 40.5 Å². The number of fused-ring (bicyclic) bond motifs is 1. The second-order valence-corrected chi connectivity index (χ2v) is 10.3. The Bertz CT molecular complexity index is 1040.